The first-order chi connectivity index (χ1) is 11.7. The molecule has 2 aliphatic rings. The van der Waals surface area contributed by atoms with Gasteiger partial charge in [-0.15, -0.1) is 0 Å². The van der Waals surface area contributed by atoms with Crippen LogP contribution in [-0.2, 0) is 0 Å². The zero-order chi connectivity index (χ0) is 16.8. The Labute approximate surface area is 147 Å². The maximum atomic E-state index is 13.0. The second kappa shape index (κ2) is 8.66. The Hall–Kier alpha value is -1.35. The summed E-state index contributed by atoms with van der Waals surface area (Å²) in [5.74, 6) is 0.235. The van der Waals surface area contributed by atoms with E-state index in [-0.39, 0.29) is 5.91 Å². The van der Waals surface area contributed by atoms with E-state index in [1.807, 2.05) is 18.2 Å². The van der Waals surface area contributed by atoms with Gasteiger partial charge in [0, 0.05) is 24.7 Å². The van der Waals surface area contributed by atoms with Crippen molar-refractivity contribution in [2.75, 3.05) is 26.2 Å². The summed E-state index contributed by atoms with van der Waals surface area (Å²) in [6.07, 6.45) is 10.2. The van der Waals surface area contributed by atoms with Crippen LogP contribution < -0.4 is 0 Å². The summed E-state index contributed by atoms with van der Waals surface area (Å²) in [7, 11) is 0. The zero-order valence-corrected chi connectivity index (χ0v) is 15.2. The number of rotatable bonds is 4. The number of hydrogen-bond donors (Lipinski definition) is 0. The van der Waals surface area contributed by atoms with E-state index in [1.54, 1.807) is 0 Å². The van der Waals surface area contributed by atoms with Crippen molar-refractivity contribution in [2.24, 2.45) is 0 Å². The summed E-state index contributed by atoms with van der Waals surface area (Å²) in [5, 5.41) is 0. The molecule has 1 aromatic rings. The molecule has 132 valence electrons. The summed E-state index contributed by atoms with van der Waals surface area (Å²) >= 11 is 0. The summed E-state index contributed by atoms with van der Waals surface area (Å²) in [6.45, 7) is 6.64. The lowest BCUT2D eigenvalue weighted by Crippen LogP contribution is -2.45. The SMILES string of the molecule is Cc1cccc(C(=O)N2CCCCC2CCN2CCCCCC2)c1. The Balaban J connectivity index is 1.61. The van der Waals surface area contributed by atoms with Crippen LogP contribution in [0.2, 0.25) is 0 Å². The third-order valence-corrected chi connectivity index (χ3v) is 5.63. The van der Waals surface area contributed by atoms with Crippen LogP contribution >= 0.6 is 0 Å². The van der Waals surface area contributed by atoms with Gasteiger partial charge < -0.3 is 9.80 Å². The average molecular weight is 329 g/mol. The highest BCUT2D eigenvalue weighted by Crippen LogP contribution is 2.23. The van der Waals surface area contributed by atoms with Crippen molar-refractivity contribution in [2.45, 2.75) is 64.3 Å². The third kappa shape index (κ3) is 4.60. The van der Waals surface area contributed by atoms with E-state index < -0.39 is 0 Å². The van der Waals surface area contributed by atoms with Gasteiger partial charge in [0.15, 0.2) is 0 Å². The van der Waals surface area contributed by atoms with E-state index in [9.17, 15) is 4.79 Å². The molecule has 0 bridgehead atoms. The zero-order valence-electron chi connectivity index (χ0n) is 15.2. The minimum absolute atomic E-state index is 0.235. The van der Waals surface area contributed by atoms with Gasteiger partial charge in [-0.3, -0.25) is 4.79 Å². The van der Waals surface area contributed by atoms with Crippen LogP contribution in [-0.4, -0.2) is 47.9 Å². The van der Waals surface area contributed by atoms with Crippen molar-refractivity contribution in [1.82, 2.24) is 9.80 Å². The number of carbonyl (C=O) groups excluding carboxylic acids is 1. The molecule has 0 radical (unpaired) electrons. The van der Waals surface area contributed by atoms with Crippen LogP contribution in [0.25, 0.3) is 0 Å². The number of hydrogen-bond acceptors (Lipinski definition) is 2. The summed E-state index contributed by atoms with van der Waals surface area (Å²) < 4.78 is 0. The fourth-order valence-electron chi connectivity index (χ4n) is 4.20. The number of nitrogens with zero attached hydrogens (tertiary/aromatic N) is 2. The van der Waals surface area contributed by atoms with Crippen LogP contribution in [0.3, 0.4) is 0 Å². The monoisotopic (exact) mass is 328 g/mol. The van der Waals surface area contributed by atoms with Crippen molar-refractivity contribution in [3.8, 4) is 0 Å². The molecule has 0 saturated carbocycles. The van der Waals surface area contributed by atoms with E-state index in [2.05, 4.69) is 22.8 Å². The van der Waals surface area contributed by atoms with Crippen LogP contribution in [0, 0.1) is 6.92 Å². The number of carbonyl (C=O) groups is 1. The largest absolute Gasteiger partial charge is 0.336 e. The van der Waals surface area contributed by atoms with Crippen molar-refractivity contribution in [3.63, 3.8) is 0 Å². The maximum Gasteiger partial charge on any atom is 0.254 e. The number of amides is 1. The predicted molar refractivity (Wildman–Crippen MR) is 99.4 cm³/mol. The third-order valence-electron chi connectivity index (χ3n) is 5.63. The van der Waals surface area contributed by atoms with Crippen molar-refractivity contribution in [1.29, 1.82) is 0 Å². The number of piperidine rings is 1. The van der Waals surface area contributed by atoms with Gasteiger partial charge in [0.05, 0.1) is 0 Å². The molecule has 2 heterocycles. The molecule has 3 rings (SSSR count). The lowest BCUT2D eigenvalue weighted by molar-refractivity contribution is 0.0584. The molecule has 2 fully saturated rings. The molecule has 1 aromatic carbocycles. The second-order valence-electron chi connectivity index (χ2n) is 7.56. The quantitative estimate of drug-likeness (QED) is 0.824. The molecule has 2 aliphatic heterocycles. The molecule has 3 heteroatoms. The Morgan fingerprint density at radius 1 is 1.04 bits per heavy atom. The Morgan fingerprint density at radius 2 is 1.79 bits per heavy atom. The van der Waals surface area contributed by atoms with Gasteiger partial charge in [-0.25, -0.2) is 0 Å². The van der Waals surface area contributed by atoms with Gasteiger partial charge >= 0.3 is 0 Å². The molecule has 1 atom stereocenters. The van der Waals surface area contributed by atoms with Gasteiger partial charge in [0.25, 0.3) is 5.91 Å². The van der Waals surface area contributed by atoms with Crippen LogP contribution in [0.4, 0.5) is 0 Å². The molecule has 2 saturated heterocycles. The summed E-state index contributed by atoms with van der Waals surface area (Å²) in [5.41, 5.74) is 2.02. The van der Waals surface area contributed by atoms with Gasteiger partial charge in [0.2, 0.25) is 0 Å². The summed E-state index contributed by atoms with van der Waals surface area (Å²) in [4.78, 5) is 17.8. The van der Waals surface area contributed by atoms with E-state index in [0.717, 1.165) is 31.5 Å². The van der Waals surface area contributed by atoms with E-state index in [1.165, 1.54) is 57.2 Å². The molecule has 0 aliphatic carbocycles. The van der Waals surface area contributed by atoms with E-state index in [0.29, 0.717) is 6.04 Å². The van der Waals surface area contributed by atoms with E-state index >= 15 is 0 Å². The Bertz CT molecular complexity index is 534. The molecule has 0 spiro atoms. The highest BCUT2D eigenvalue weighted by atomic mass is 16.2. The topological polar surface area (TPSA) is 23.6 Å². The first-order valence-corrected chi connectivity index (χ1v) is 9.84. The number of likely N-dealkylation sites (tertiary alicyclic amines) is 2. The van der Waals surface area contributed by atoms with Crippen LogP contribution in [0.1, 0.15) is 67.3 Å². The molecular weight excluding hydrogens is 296 g/mol. The normalized spacial score (nSPS) is 23.0. The Kier molecular flexibility index (Phi) is 6.30. The van der Waals surface area contributed by atoms with E-state index in [4.69, 9.17) is 0 Å². The maximum absolute atomic E-state index is 13.0. The smallest absolute Gasteiger partial charge is 0.254 e. The predicted octanol–water partition coefficient (Wildman–Crippen LogP) is 4.26. The van der Waals surface area contributed by atoms with Crippen LogP contribution in [0.5, 0.6) is 0 Å². The molecule has 1 unspecified atom stereocenters. The number of benzene rings is 1. The fourth-order valence-corrected chi connectivity index (χ4v) is 4.20. The van der Waals surface area contributed by atoms with Gasteiger partial charge in [-0.1, -0.05) is 30.5 Å². The molecule has 3 nitrogen and oxygen atoms in total. The highest BCUT2D eigenvalue weighted by Gasteiger charge is 2.27. The highest BCUT2D eigenvalue weighted by molar-refractivity contribution is 5.94. The van der Waals surface area contributed by atoms with Crippen molar-refractivity contribution < 1.29 is 4.79 Å². The summed E-state index contributed by atoms with van der Waals surface area (Å²) in [6, 6.07) is 8.48. The first kappa shape index (κ1) is 17.5. The van der Waals surface area contributed by atoms with Crippen LogP contribution in [0.15, 0.2) is 24.3 Å². The second-order valence-corrected chi connectivity index (χ2v) is 7.56. The molecule has 1 amide bonds. The van der Waals surface area contributed by atoms with Crippen molar-refractivity contribution in [3.05, 3.63) is 35.4 Å². The number of aryl methyl sites for hydroxylation is 1. The Morgan fingerprint density at radius 3 is 2.54 bits per heavy atom. The molecule has 24 heavy (non-hydrogen) atoms. The molecule has 0 aromatic heterocycles. The fraction of sp³-hybridized carbons (Fsp3) is 0.667. The molecular formula is C21H32N2O. The minimum Gasteiger partial charge on any atom is -0.336 e. The minimum atomic E-state index is 0.235. The lowest BCUT2D eigenvalue weighted by Gasteiger charge is -2.37. The van der Waals surface area contributed by atoms with Crippen molar-refractivity contribution >= 4 is 5.91 Å². The van der Waals surface area contributed by atoms with Gasteiger partial charge in [-0.2, -0.15) is 0 Å². The standard InChI is InChI=1S/C21H32N2O/c1-18-9-8-10-19(17-18)21(24)23-15-7-4-11-20(23)12-16-22-13-5-2-3-6-14-22/h8-10,17,20H,2-7,11-16H2,1H3. The first-order valence-electron chi connectivity index (χ1n) is 9.84. The molecule has 0 N–H and O–H groups in total. The van der Waals surface area contributed by atoms with Gasteiger partial charge in [0.1, 0.15) is 0 Å². The van der Waals surface area contributed by atoms with Gasteiger partial charge in [-0.05, 0) is 70.7 Å². The average Bonchev–Trinajstić information content (AvgIpc) is 2.88. The lowest BCUT2D eigenvalue weighted by atomic mass is 9.97.